The van der Waals surface area contributed by atoms with E-state index in [0.29, 0.717) is 5.92 Å². The van der Waals surface area contributed by atoms with Crippen molar-refractivity contribution in [1.29, 1.82) is 0 Å². The number of rotatable bonds is 7. The van der Waals surface area contributed by atoms with Gasteiger partial charge in [-0.2, -0.15) is 0 Å². The Hall–Kier alpha value is -2.67. The summed E-state index contributed by atoms with van der Waals surface area (Å²) in [5, 5.41) is 0. The van der Waals surface area contributed by atoms with Crippen LogP contribution in [-0.2, 0) is 11.2 Å². The Morgan fingerprint density at radius 2 is 0.714 bits per heavy atom. The Kier molecular flexibility index (Phi) is 9.61. The summed E-state index contributed by atoms with van der Waals surface area (Å²) in [6, 6.07) is 0. The molecule has 0 spiro atoms. The quantitative estimate of drug-likeness (QED) is 0.261. The molecule has 3 aromatic carbocycles. The molecule has 0 bridgehead atoms. The van der Waals surface area contributed by atoms with Gasteiger partial charge < -0.3 is 4.79 Å². The maximum Gasteiger partial charge on any atom is 0.120 e. The predicted molar refractivity (Wildman–Crippen MR) is 183 cm³/mol. The summed E-state index contributed by atoms with van der Waals surface area (Å²) in [4.78, 5) is 11.0. The molecular formula is C41H56O. The average molecular weight is 565 g/mol. The van der Waals surface area contributed by atoms with Crippen LogP contribution in [0.1, 0.15) is 116 Å². The van der Waals surface area contributed by atoms with Crippen LogP contribution in [-0.4, -0.2) is 6.29 Å². The van der Waals surface area contributed by atoms with Crippen LogP contribution in [0.3, 0.4) is 0 Å². The van der Waals surface area contributed by atoms with E-state index in [2.05, 4.69) is 90.0 Å². The van der Waals surface area contributed by atoms with Crippen molar-refractivity contribution < 1.29 is 4.79 Å². The summed E-state index contributed by atoms with van der Waals surface area (Å²) in [6.07, 6.45) is 9.35. The SMILES string of the molecule is Cc1c(C)c(C)c(-c2c(C)c(C)c(-c3c(C)c(C)c(CCC4CCC(CC=O)CC4)c(C)c3C)c(C)c2C)c(C)c1C. The zero-order valence-electron chi connectivity index (χ0n) is 29.1. The summed E-state index contributed by atoms with van der Waals surface area (Å²) in [7, 11) is 0. The molecule has 0 amide bonds. The van der Waals surface area contributed by atoms with Gasteiger partial charge in [0.25, 0.3) is 0 Å². The monoisotopic (exact) mass is 564 g/mol. The third kappa shape index (κ3) is 5.42. The van der Waals surface area contributed by atoms with Gasteiger partial charge in [-0.15, -0.1) is 0 Å². The Bertz CT molecular complexity index is 1450. The van der Waals surface area contributed by atoms with Gasteiger partial charge in [-0.1, -0.05) is 12.8 Å². The van der Waals surface area contributed by atoms with Gasteiger partial charge in [-0.3, -0.25) is 0 Å². The fourth-order valence-electron chi connectivity index (χ4n) is 8.32. The Morgan fingerprint density at radius 1 is 0.429 bits per heavy atom. The molecule has 42 heavy (non-hydrogen) atoms. The summed E-state index contributed by atoms with van der Waals surface area (Å²) < 4.78 is 0. The lowest BCUT2D eigenvalue weighted by atomic mass is 9.75. The topological polar surface area (TPSA) is 17.1 Å². The minimum Gasteiger partial charge on any atom is -0.303 e. The van der Waals surface area contributed by atoms with E-state index in [0.717, 1.165) is 18.6 Å². The van der Waals surface area contributed by atoms with Crippen LogP contribution in [0.4, 0.5) is 0 Å². The Labute approximate surface area is 257 Å². The lowest BCUT2D eigenvalue weighted by molar-refractivity contribution is -0.108. The molecule has 0 atom stereocenters. The van der Waals surface area contributed by atoms with Crippen molar-refractivity contribution in [3.05, 3.63) is 77.9 Å². The van der Waals surface area contributed by atoms with Crippen LogP contribution < -0.4 is 0 Å². The van der Waals surface area contributed by atoms with Crippen molar-refractivity contribution in [1.82, 2.24) is 0 Å². The standard InChI is InChI=1S/C41H56O/c1-22-23(2)27(6)38(28(7)24(22)3)40-31(10)33(12)41(34(13)32(40)11)39-29(8)25(4)37(26(5)30(39)9)19-18-35-14-16-36(17-15-35)20-21-42/h21,35-36H,14-20H2,1-13H3. The predicted octanol–water partition coefficient (Wildman–Crippen LogP) is 11.4. The van der Waals surface area contributed by atoms with Gasteiger partial charge in [-0.05, 0) is 228 Å². The van der Waals surface area contributed by atoms with Crippen LogP contribution in [0.25, 0.3) is 22.3 Å². The van der Waals surface area contributed by atoms with Gasteiger partial charge in [0.2, 0.25) is 0 Å². The lowest BCUT2D eigenvalue weighted by Gasteiger charge is -2.29. The molecular weight excluding hydrogens is 508 g/mol. The van der Waals surface area contributed by atoms with Crippen LogP contribution in [0, 0.1) is 102 Å². The molecule has 0 saturated heterocycles. The van der Waals surface area contributed by atoms with Gasteiger partial charge in [-0.25, -0.2) is 0 Å². The van der Waals surface area contributed by atoms with Crippen LogP contribution in [0.5, 0.6) is 0 Å². The van der Waals surface area contributed by atoms with E-state index in [1.807, 2.05) is 0 Å². The van der Waals surface area contributed by atoms with E-state index in [4.69, 9.17) is 0 Å². The molecule has 0 unspecified atom stereocenters. The van der Waals surface area contributed by atoms with E-state index in [1.54, 1.807) is 5.56 Å². The molecule has 1 heteroatoms. The maximum absolute atomic E-state index is 11.0. The Morgan fingerprint density at radius 3 is 1.07 bits per heavy atom. The zero-order valence-corrected chi connectivity index (χ0v) is 29.1. The first kappa shape index (κ1) is 32.2. The third-order valence-corrected chi connectivity index (χ3v) is 12.1. The molecule has 0 aromatic heterocycles. The first-order valence-electron chi connectivity index (χ1n) is 16.4. The van der Waals surface area contributed by atoms with Crippen LogP contribution >= 0.6 is 0 Å². The highest BCUT2D eigenvalue weighted by Crippen LogP contribution is 2.46. The molecule has 1 saturated carbocycles. The van der Waals surface area contributed by atoms with Gasteiger partial charge in [0.15, 0.2) is 0 Å². The largest absolute Gasteiger partial charge is 0.303 e. The zero-order chi connectivity index (χ0) is 31.2. The van der Waals surface area contributed by atoms with Crippen molar-refractivity contribution in [3.63, 3.8) is 0 Å². The Balaban J connectivity index is 1.79. The summed E-state index contributed by atoms with van der Waals surface area (Å²) in [6.45, 7) is 30.4. The second-order valence-corrected chi connectivity index (χ2v) is 13.9. The number of carbonyl (C=O) groups is 1. The smallest absolute Gasteiger partial charge is 0.120 e. The number of aldehydes is 1. The number of hydrogen-bond donors (Lipinski definition) is 0. The molecule has 1 aliphatic rings. The lowest BCUT2D eigenvalue weighted by Crippen LogP contribution is -2.16. The summed E-state index contributed by atoms with van der Waals surface area (Å²) in [5.41, 5.74) is 26.1. The second kappa shape index (κ2) is 12.5. The van der Waals surface area contributed by atoms with Crippen molar-refractivity contribution in [3.8, 4) is 22.3 Å². The number of hydrogen-bond acceptors (Lipinski definition) is 1. The highest BCUT2D eigenvalue weighted by atomic mass is 16.1. The van der Waals surface area contributed by atoms with Gasteiger partial charge >= 0.3 is 0 Å². The van der Waals surface area contributed by atoms with Crippen molar-refractivity contribution >= 4 is 6.29 Å². The molecule has 0 heterocycles. The fraction of sp³-hybridized carbons (Fsp3) is 0.537. The molecule has 1 nitrogen and oxygen atoms in total. The highest BCUT2D eigenvalue weighted by Gasteiger charge is 2.26. The van der Waals surface area contributed by atoms with E-state index < -0.39 is 0 Å². The van der Waals surface area contributed by atoms with Gasteiger partial charge in [0.05, 0.1) is 0 Å². The van der Waals surface area contributed by atoms with Crippen molar-refractivity contribution in [2.45, 2.75) is 135 Å². The number of carbonyl (C=O) groups excluding carboxylic acids is 1. The average Bonchev–Trinajstić information content (AvgIpc) is 2.97. The molecule has 226 valence electrons. The molecule has 0 aliphatic heterocycles. The molecule has 0 N–H and O–H groups in total. The minimum atomic E-state index is 0.627. The van der Waals surface area contributed by atoms with E-state index in [9.17, 15) is 4.79 Å². The van der Waals surface area contributed by atoms with Crippen molar-refractivity contribution in [2.75, 3.05) is 0 Å². The summed E-state index contributed by atoms with van der Waals surface area (Å²) >= 11 is 0. The summed E-state index contributed by atoms with van der Waals surface area (Å²) in [5.74, 6) is 1.43. The maximum atomic E-state index is 11.0. The van der Waals surface area contributed by atoms with Gasteiger partial charge in [0, 0.05) is 6.42 Å². The highest BCUT2D eigenvalue weighted by molar-refractivity contribution is 5.88. The normalized spacial score (nSPS) is 17.2. The first-order chi connectivity index (χ1) is 19.7. The van der Waals surface area contributed by atoms with Gasteiger partial charge in [0.1, 0.15) is 6.29 Å². The molecule has 3 aromatic rings. The molecule has 4 rings (SSSR count). The van der Waals surface area contributed by atoms with Crippen LogP contribution in [0.2, 0.25) is 0 Å². The molecule has 1 aliphatic carbocycles. The van der Waals surface area contributed by atoms with E-state index in [1.165, 1.54) is 133 Å². The third-order valence-electron chi connectivity index (χ3n) is 12.1. The second-order valence-electron chi connectivity index (χ2n) is 13.9. The van der Waals surface area contributed by atoms with E-state index >= 15 is 0 Å². The fourth-order valence-corrected chi connectivity index (χ4v) is 8.32. The molecule has 1 fully saturated rings. The molecule has 0 radical (unpaired) electrons. The van der Waals surface area contributed by atoms with Crippen molar-refractivity contribution in [2.24, 2.45) is 11.8 Å². The first-order valence-corrected chi connectivity index (χ1v) is 16.4. The number of benzene rings is 3. The van der Waals surface area contributed by atoms with Crippen LogP contribution in [0.15, 0.2) is 0 Å². The van der Waals surface area contributed by atoms with E-state index in [-0.39, 0.29) is 0 Å². The minimum absolute atomic E-state index is 0.627.